The molecule has 0 aliphatic carbocycles. The van der Waals surface area contributed by atoms with Crippen molar-refractivity contribution < 1.29 is 14.9 Å². The summed E-state index contributed by atoms with van der Waals surface area (Å²) < 4.78 is 5.63. The van der Waals surface area contributed by atoms with Crippen molar-refractivity contribution in [1.82, 2.24) is 0 Å². The SMILES string of the molecule is COc1ccc(N=Nc2c(Br)cc(O)cc2CO)cc1. The first kappa shape index (κ1) is 14.5. The summed E-state index contributed by atoms with van der Waals surface area (Å²) in [6.07, 6.45) is 0. The molecule has 2 N–H and O–H groups in total. The van der Waals surface area contributed by atoms with Crippen molar-refractivity contribution in [1.29, 1.82) is 0 Å². The van der Waals surface area contributed by atoms with Crippen LogP contribution < -0.4 is 4.74 Å². The molecule has 0 atom stereocenters. The van der Waals surface area contributed by atoms with Crippen LogP contribution in [0.15, 0.2) is 51.1 Å². The number of nitrogens with zero attached hydrogens (tertiary/aromatic N) is 2. The minimum absolute atomic E-state index is 0.0596. The van der Waals surface area contributed by atoms with E-state index in [9.17, 15) is 10.2 Å². The molecule has 0 bridgehead atoms. The van der Waals surface area contributed by atoms with Crippen LogP contribution in [0.1, 0.15) is 5.56 Å². The summed E-state index contributed by atoms with van der Waals surface area (Å²) in [5.74, 6) is 0.801. The van der Waals surface area contributed by atoms with Gasteiger partial charge in [0.1, 0.15) is 17.2 Å². The third-order valence-corrected chi connectivity index (χ3v) is 3.24. The molecule has 0 fully saturated rings. The molecule has 6 heteroatoms. The highest BCUT2D eigenvalue weighted by atomic mass is 79.9. The molecule has 0 amide bonds. The van der Waals surface area contributed by atoms with E-state index in [1.54, 1.807) is 31.4 Å². The number of azo groups is 1. The highest BCUT2D eigenvalue weighted by Crippen LogP contribution is 2.34. The zero-order chi connectivity index (χ0) is 14.5. The number of aliphatic hydroxyl groups is 1. The first-order valence-corrected chi connectivity index (χ1v) is 6.61. The van der Waals surface area contributed by atoms with Crippen LogP contribution in [0.2, 0.25) is 0 Å². The van der Waals surface area contributed by atoms with Gasteiger partial charge in [0.2, 0.25) is 0 Å². The number of phenols is 1. The molecule has 0 radical (unpaired) electrons. The Morgan fingerprint density at radius 3 is 2.45 bits per heavy atom. The number of benzene rings is 2. The highest BCUT2D eigenvalue weighted by Gasteiger charge is 2.08. The number of phenolic OH excluding ortho intramolecular Hbond substituents is 1. The summed E-state index contributed by atoms with van der Waals surface area (Å²) in [6.45, 7) is -0.232. The fourth-order valence-corrected chi connectivity index (χ4v) is 2.20. The van der Waals surface area contributed by atoms with E-state index >= 15 is 0 Å². The molecule has 0 aliphatic rings. The monoisotopic (exact) mass is 336 g/mol. The van der Waals surface area contributed by atoms with Crippen LogP contribution >= 0.6 is 15.9 Å². The summed E-state index contributed by atoms with van der Waals surface area (Å²) in [5.41, 5.74) is 1.64. The van der Waals surface area contributed by atoms with E-state index in [1.165, 1.54) is 12.1 Å². The van der Waals surface area contributed by atoms with Crippen LogP contribution in [0.3, 0.4) is 0 Å². The molecule has 104 valence electrons. The van der Waals surface area contributed by atoms with Crippen LogP contribution in [0, 0.1) is 0 Å². The van der Waals surface area contributed by atoms with Crippen molar-refractivity contribution in [2.24, 2.45) is 10.2 Å². The van der Waals surface area contributed by atoms with Gasteiger partial charge in [-0.3, -0.25) is 0 Å². The molecule has 0 saturated carbocycles. The molecule has 5 nitrogen and oxygen atoms in total. The molecular weight excluding hydrogens is 324 g/mol. The topological polar surface area (TPSA) is 74.4 Å². The molecule has 2 rings (SSSR count). The van der Waals surface area contributed by atoms with E-state index < -0.39 is 0 Å². The Kier molecular flexibility index (Phi) is 4.70. The van der Waals surface area contributed by atoms with E-state index in [2.05, 4.69) is 26.2 Å². The summed E-state index contributed by atoms with van der Waals surface area (Å²) in [5, 5.41) is 27.0. The fraction of sp³-hybridized carbons (Fsp3) is 0.143. The number of halogens is 1. The molecular formula is C14H13BrN2O3. The predicted molar refractivity (Wildman–Crippen MR) is 78.9 cm³/mol. The zero-order valence-corrected chi connectivity index (χ0v) is 12.3. The minimum atomic E-state index is -0.232. The first-order valence-electron chi connectivity index (χ1n) is 5.82. The Bertz CT molecular complexity index is 627. The van der Waals surface area contributed by atoms with Gasteiger partial charge in [0.05, 0.1) is 19.4 Å². The van der Waals surface area contributed by atoms with Crippen molar-refractivity contribution in [2.45, 2.75) is 6.61 Å². The number of hydrogen-bond donors (Lipinski definition) is 2. The van der Waals surface area contributed by atoms with Crippen molar-refractivity contribution >= 4 is 27.3 Å². The zero-order valence-electron chi connectivity index (χ0n) is 10.7. The van der Waals surface area contributed by atoms with E-state index in [1.807, 2.05) is 0 Å². The van der Waals surface area contributed by atoms with Crippen molar-refractivity contribution in [2.75, 3.05) is 7.11 Å². The molecule has 0 saturated heterocycles. The summed E-state index contributed by atoms with van der Waals surface area (Å²) in [7, 11) is 1.59. The maximum absolute atomic E-state index is 9.47. The van der Waals surface area contributed by atoms with Gasteiger partial charge in [0.25, 0.3) is 0 Å². The van der Waals surface area contributed by atoms with Crippen LogP contribution in [0.5, 0.6) is 11.5 Å². The Hall–Kier alpha value is -1.92. The van der Waals surface area contributed by atoms with E-state index in [0.29, 0.717) is 21.4 Å². The minimum Gasteiger partial charge on any atom is -0.508 e. The van der Waals surface area contributed by atoms with Gasteiger partial charge in [-0.2, -0.15) is 5.11 Å². The second kappa shape index (κ2) is 6.49. The second-order valence-corrected chi connectivity index (χ2v) is 4.85. The average Bonchev–Trinajstić information content (AvgIpc) is 2.46. The molecule has 2 aromatic carbocycles. The molecule has 20 heavy (non-hydrogen) atoms. The quantitative estimate of drug-likeness (QED) is 0.826. The normalized spacial score (nSPS) is 10.9. The average molecular weight is 337 g/mol. The molecule has 2 aromatic rings. The largest absolute Gasteiger partial charge is 0.508 e. The lowest BCUT2D eigenvalue weighted by molar-refractivity contribution is 0.281. The molecule has 0 unspecified atom stereocenters. The van der Waals surface area contributed by atoms with Crippen molar-refractivity contribution in [3.05, 3.63) is 46.4 Å². The van der Waals surface area contributed by atoms with Crippen LogP contribution in [-0.4, -0.2) is 17.3 Å². The molecule has 0 heterocycles. The van der Waals surface area contributed by atoms with Gasteiger partial charge >= 0.3 is 0 Å². The number of ether oxygens (including phenoxy) is 1. The van der Waals surface area contributed by atoms with Gasteiger partial charge < -0.3 is 14.9 Å². The van der Waals surface area contributed by atoms with E-state index in [4.69, 9.17) is 4.74 Å². The van der Waals surface area contributed by atoms with Crippen LogP contribution in [-0.2, 0) is 6.61 Å². The molecule has 0 aliphatic heterocycles. The maximum Gasteiger partial charge on any atom is 0.119 e. The summed E-state index contributed by atoms with van der Waals surface area (Å²) >= 11 is 3.29. The van der Waals surface area contributed by atoms with Gasteiger partial charge in [-0.25, -0.2) is 0 Å². The van der Waals surface area contributed by atoms with Gasteiger partial charge in [0.15, 0.2) is 0 Å². The lowest BCUT2D eigenvalue weighted by Crippen LogP contribution is -1.85. The number of aromatic hydroxyl groups is 1. The number of hydrogen-bond acceptors (Lipinski definition) is 5. The fourth-order valence-electron chi connectivity index (χ4n) is 1.63. The Balaban J connectivity index is 2.30. The lowest BCUT2D eigenvalue weighted by atomic mass is 10.2. The van der Waals surface area contributed by atoms with E-state index in [0.717, 1.165) is 5.75 Å². The predicted octanol–water partition coefficient (Wildman–Crippen LogP) is 4.07. The van der Waals surface area contributed by atoms with Crippen LogP contribution in [0.4, 0.5) is 11.4 Å². The Morgan fingerprint density at radius 1 is 1.15 bits per heavy atom. The Labute approximate surface area is 124 Å². The maximum atomic E-state index is 9.47. The summed E-state index contributed by atoms with van der Waals surface area (Å²) in [6, 6.07) is 10.1. The van der Waals surface area contributed by atoms with Gasteiger partial charge in [-0.05, 0) is 52.3 Å². The third kappa shape index (κ3) is 3.34. The first-order chi connectivity index (χ1) is 9.63. The Morgan fingerprint density at radius 2 is 1.85 bits per heavy atom. The smallest absolute Gasteiger partial charge is 0.119 e. The number of methoxy groups -OCH3 is 1. The van der Waals surface area contributed by atoms with Crippen LogP contribution in [0.25, 0.3) is 0 Å². The van der Waals surface area contributed by atoms with Gasteiger partial charge in [0, 0.05) is 10.0 Å². The number of aliphatic hydroxyl groups excluding tert-OH is 1. The standard InChI is InChI=1S/C14H13BrN2O3/c1-20-12-4-2-10(3-5-12)16-17-14-9(8-18)6-11(19)7-13(14)15/h2-7,18-19H,8H2,1H3. The summed E-state index contributed by atoms with van der Waals surface area (Å²) in [4.78, 5) is 0. The van der Waals surface area contributed by atoms with Crippen molar-refractivity contribution in [3.8, 4) is 11.5 Å². The lowest BCUT2D eigenvalue weighted by Gasteiger charge is -2.05. The van der Waals surface area contributed by atoms with Gasteiger partial charge in [-0.15, -0.1) is 5.11 Å². The molecule has 0 spiro atoms. The number of rotatable bonds is 4. The third-order valence-electron chi connectivity index (χ3n) is 2.64. The second-order valence-electron chi connectivity index (χ2n) is 3.99. The van der Waals surface area contributed by atoms with E-state index in [-0.39, 0.29) is 12.4 Å². The van der Waals surface area contributed by atoms with Gasteiger partial charge in [-0.1, -0.05) is 0 Å². The van der Waals surface area contributed by atoms with Crippen molar-refractivity contribution in [3.63, 3.8) is 0 Å². The molecule has 0 aromatic heterocycles. The highest BCUT2D eigenvalue weighted by molar-refractivity contribution is 9.10.